The molecule has 0 rings (SSSR count). The molecule has 1 unspecified atom stereocenters. The zero-order valence-electron chi connectivity index (χ0n) is 6.47. The van der Waals surface area contributed by atoms with Crippen LogP contribution >= 0.6 is 23.2 Å². The monoisotopic (exact) mass is 198 g/mol. The van der Waals surface area contributed by atoms with Crippen molar-refractivity contribution in [2.45, 2.75) is 6.10 Å². The van der Waals surface area contributed by atoms with Gasteiger partial charge in [-0.05, 0) is 6.92 Å². The number of aliphatic hydroxyl groups is 1. The molecule has 67 valence electrons. The van der Waals surface area contributed by atoms with Crippen molar-refractivity contribution in [1.29, 1.82) is 0 Å². The fourth-order valence-corrected chi connectivity index (χ4v) is 1.31. The molecule has 11 heavy (non-hydrogen) atoms. The Balaban J connectivity index is 3.50. The molecular formula is C7H14Cl2NO. The molecule has 0 fully saturated rings. The zero-order valence-corrected chi connectivity index (χ0v) is 7.98. The smallest absolute Gasteiger partial charge is 0.0668 e. The van der Waals surface area contributed by atoms with Gasteiger partial charge in [0, 0.05) is 31.4 Å². The highest BCUT2D eigenvalue weighted by molar-refractivity contribution is 6.18. The summed E-state index contributed by atoms with van der Waals surface area (Å²) in [5.41, 5.74) is 0. The molecule has 0 bridgehead atoms. The summed E-state index contributed by atoms with van der Waals surface area (Å²) >= 11 is 11.1. The van der Waals surface area contributed by atoms with Gasteiger partial charge in [0.15, 0.2) is 0 Å². The predicted molar refractivity (Wildman–Crippen MR) is 49.2 cm³/mol. The molecule has 0 aliphatic heterocycles. The van der Waals surface area contributed by atoms with Crippen molar-refractivity contribution in [2.75, 3.05) is 31.4 Å². The third-order valence-electron chi connectivity index (χ3n) is 1.27. The quantitative estimate of drug-likeness (QED) is 0.644. The van der Waals surface area contributed by atoms with Gasteiger partial charge in [-0.15, -0.1) is 23.2 Å². The van der Waals surface area contributed by atoms with Gasteiger partial charge < -0.3 is 5.11 Å². The molecule has 1 radical (unpaired) electrons. The van der Waals surface area contributed by atoms with Crippen molar-refractivity contribution in [2.24, 2.45) is 0 Å². The van der Waals surface area contributed by atoms with Crippen LogP contribution in [0.2, 0.25) is 0 Å². The summed E-state index contributed by atoms with van der Waals surface area (Å²) in [4.78, 5) is 1.98. The fourth-order valence-electron chi connectivity index (χ4n) is 0.831. The van der Waals surface area contributed by atoms with Crippen LogP contribution in [0.5, 0.6) is 0 Å². The molecule has 1 atom stereocenters. The fraction of sp³-hybridized carbons (Fsp3) is 0.857. The molecule has 1 N–H and O–H groups in total. The number of hydrogen-bond acceptors (Lipinski definition) is 2. The highest BCUT2D eigenvalue weighted by Gasteiger charge is 2.05. The second-order valence-corrected chi connectivity index (χ2v) is 3.09. The first-order chi connectivity index (χ1) is 5.20. The lowest BCUT2D eigenvalue weighted by atomic mass is 10.3. The molecule has 4 heteroatoms. The van der Waals surface area contributed by atoms with E-state index in [1.54, 1.807) is 0 Å². The zero-order chi connectivity index (χ0) is 8.69. The van der Waals surface area contributed by atoms with Crippen LogP contribution in [0.1, 0.15) is 0 Å². The van der Waals surface area contributed by atoms with Gasteiger partial charge in [0.25, 0.3) is 0 Å². The van der Waals surface area contributed by atoms with E-state index in [2.05, 4.69) is 6.92 Å². The van der Waals surface area contributed by atoms with E-state index in [1.165, 1.54) is 0 Å². The molecule has 0 spiro atoms. The van der Waals surface area contributed by atoms with Gasteiger partial charge in [-0.1, -0.05) is 0 Å². The van der Waals surface area contributed by atoms with E-state index in [4.69, 9.17) is 28.3 Å². The highest BCUT2D eigenvalue weighted by Crippen LogP contribution is 1.94. The number of nitrogens with zero attached hydrogens (tertiary/aromatic N) is 1. The van der Waals surface area contributed by atoms with Gasteiger partial charge in [0.1, 0.15) is 0 Å². The maximum absolute atomic E-state index is 8.94. The van der Waals surface area contributed by atoms with Crippen LogP contribution in [0.4, 0.5) is 0 Å². The van der Waals surface area contributed by atoms with E-state index in [0.29, 0.717) is 18.3 Å². The Morgan fingerprint density at radius 3 is 2.00 bits per heavy atom. The first-order valence-electron chi connectivity index (χ1n) is 3.56. The normalized spacial score (nSPS) is 13.9. The maximum atomic E-state index is 8.94. The molecule has 0 amide bonds. The van der Waals surface area contributed by atoms with Gasteiger partial charge in [-0.25, -0.2) is 0 Å². The van der Waals surface area contributed by atoms with Crippen LogP contribution in [0.3, 0.4) is 0 Å². The number of alkyl halides is 2. The van der Waals surface area contributed by atoms with Gasteiger partial charge in [-0.2, -0.15) is 0 Å². The van der Waals surface area contributed by atoms with Crippen LogP contribution in [-0.4, -0.2) is 47.5 Å². The van der Waals surface area contributed by atoms with Crippen LogP contribution in [0, 0.1) is 6.92 Å². The minimum absolute atomic E-state index is 0.541. The molecule has 0 aromatic heterocycles. The topological polar surface area (TPSA) is 23.5 Å². The number of hydrogen-bond donors (Lipinski definition) is 1. The Kier molecular flexibility index (Phi) is 7.49. The van der Waals surface area contributed by atoms with Crippen LogP contribution < -0.4 is 0 Å². The van der Waals surface area contributed by atoms with E-state index in [-0.39, 0.29) is 0 Å². The molecular weight excluding hydrogens is 185 g/mol. The summed E-state index contributed by atoms with van der Waals surface area (Å²) in [6.07, 6.45) is -0.554. The summed E-state index contributed by atoms with van der Waals surface area (Å²) in [5, 5.41) is 8.94. The molecule has 0 saturated heterocycles. The lowest BCUT2D eigenvalue weighted by molar-refractivity contribution is 0.153. The molecule has 2 nitrogen and oxygen atoms in total. The van der Waals surface area contributed by atoms with Crippen molar-refractivity contribution < 1.29 is 5.11 Å². The SMILES string of the molecule is [CH2]C(O)CN(CCCl)CCCl. The molecule has 0 aromatic carbocycles. The van der Waals surface area contributed by atoms with E-state index >= 15 is 0 Å². The average molecular weight is 199 g/mol. The molecule has 0 heterocycles. The number of aliphatic hydroxyl groups excluding tert-OH is 1. The van der Waals surface area contributed by atoms with Crippen molar-refractivity contribution in [1.82, 2.24) is 4.90 Å². The molecule has 0 aliphatic carbocycles. The second-order valence-electron chi connectivity index (χ2n) is 2.33. The second kappa shape index (κ2) is 7.17. The lowest BCUT2D eigenvalue weighted by Crippen LogP contribution is -2.34. The van der Waals surface area contributed by atoms with E-state index in [1.807, 2.05) is 4.90 Å². The minimum atomic E-state index is -0.554. The van der Waals surface area contributed by atoms with Crippen molar-refractivity contribution in [3.63, 3.8) is 0 Å². The summed E-state index contributed by atoms with van der Waals surface area (Å²) in [5.74, 6) is 1.12. The molecule has 0 aromatic rings. The lowest BCUT2D eigenvalue weighted by Gasteiger charge is -2.20. The van der Waals surface area contributed by atoms with Crippen LogP contribution in [0.15, 0.2) is 0 Å². The summed E-state index contributed by atoms with van der Waals surface area (Å²) in [6, 6.07) is 0. The average Bonchev–Trinajstić information content (AvgIpc) is 1.87. The Bertz CT molecular complexity index is 84.5. The number of rotatable bonds is 6. The summed E-state index contributed by atoms with van der Waals surface area (Å²) in [6.45, 7) is 5.51. The van der Waals surface area contributed by atoms with Gasteiger partial charge in [0.05, 0.1) is 6.10 Å². The van der Waals surface area contributed by atoms with Crippen molar-refractivity contribution in [3.8, 4) is 0 Å². The largest absolute Gasteiger partial charge is 0.392 e. The van der Waals surface area contributed by atoms with Crippen molar-refractivity contribution in [3.05, 3.63) is 6.92 Å². The van der Waals surface area contributed by atoms with Crippen molar-refractivity contribution >= 4 is 23.2 Å². The van der Waals surface area contributed by atoms with E-state index in [9.17, 15) is 0 Å². The summed E-state index contributed by atoms with van der Waals surface area (Å²) in [7, 11) is 0. The Hall–Kier alpha value is 0.500. The van der Waals surface area contributed by atoms with Gasteiger partial charge >= 0.3 is 0 Å². The molecule has 0 saturated carbocycles. The minimum Gasteiger partial charge on any atom is -0.392 e. The third-order valence-corrected chi connectivity index (χ3v) is 1.61. The summed E-state index contributed by atoms with van der Waals surface area (Å²) < 4.78 is 0. The van der Waals surface area contributed by atoms with Crippen LogP contribution in [0.25, 0.3) is 0 Å². The Morgan fingerprint density at radius 2 is 1.73 bits per heavy atom. The highest BCUT2D eigenvalue weighted by atomic mass is 35.5. The first kappa shape index (κ1) is 11.5. The first-order valence-corrected chi connectivity index (χ1v) is 4.63. The van der Waals surface area contributed by atoms with Crippen LogP contribution in [-0.2, 0) is 0 Å². The van der Waals surface area contributed by atoms with Gasteiger partial charge in [0.2, 0.25) is 0 Å². The van der Waals surface area contributed by atoms with E-state index in [0.717, 1.165) is 13.1 Å². The molecule has 0 aliphatic rings. The number of halogens is 2. The Morgan fingerprint density at radius 1 is 1.27 bits per heavy atom. The third kappa shape index (κ3) is 6.88. The standard InChI is InChI=1S/C7H14Cl2NO/c1-7(11)6-10(4-2-8)5-3-9/h7,11H,1-6H2. The van der Waals surface area contributed by atoms with E-state index < -0.39 is 6.10 Å². The van der Waals surface area contributed by atoms with Gasteiger partial charge in [-0.3, -0.25) is 4.90 Å². The predicted octanol–water partition coefficient (Wildman–Crippen LogP) is 0.961. The Labute approximate surface area is 78.1 Å². The maximum Gasteiger partial charge on any atom is 0.0668 e.